The van der Waals surface area contributed by atoms with Crippen molar-refractivity contribution in [3.05, 3.63) is 0 Å². The van der Waals surface area contributed by atoms with E-state index in [-0.39, 0.29) is 6.09 Å². The Labute approximate surface area is 145 Å². The largest absolute Gasteiger partial charge is 0.444 e. The smallest absolute Gasteiger partial charge is 0.410 e. The van der Waals surface area contributed by atoms with Crippen molar-refractivity contribution in [1.82, 2.24) is 9.80 Å². The number of nitrogens with zero attached hydrogens (tertiary/aromatic N) is 2. The van der Waals surface area contributed by atoms with Crippen LogP contribution in [0.15, 0.2) is 0 Å². The summed E-state index contributed by atoms with van der Waals surface area (Å²) in [6, 6.07) is 1.36. The molecule has 0 aromatic carbocycles. The molecule has 1 spiro atoms. The molecule has 0 radical (unpaired) electrons. The standard InChI is InChI=1S/C19H32N2O3/c1-18(2,3)24-17(22)20-9-7-19(8-10-20)6-4-5-16(19)21-12-15-11-14(21)13-23-15/h14-16H,4-13H2,1-3H3/t14-,15-,16?/m1/s1. The minimum atomic E-state index is -0.406. The van der Waals surface area contributed by atoms with Crippen molar-refractivity contribution >= 4 is 6.09 Å². The maximum Gasteiger partial charge on any atom is 0.410 e. The van der Waals surface area contributed by atoms with Crippen molar-refractivity contribution in [2.45, 2.75) is 83.1 Å². The van der Waals surface area contributed by atoms with Gasteiger partial charge in [-0.05, 0) is 58.3 Å². The fraction of sp³-hybridized carbons (Fsp3) is 0.947. The molecule has 0 N–H and O–H groups in total. The van der Waals surface area contributed by atoms with Gasteiger partial charge in [0.2, 0.25) is 0 Å². The molecule has 3 saturated heterocycles. The van der Waals surface area contributed by atoms with Gasteiger partial charge in [-0.15, -0.1) is 0 Å². The molecule has 136 valence electrons. The van der Waals surface area contributed by atoms with E-state index in [2.05, 4.69) is 4.90 Å². The average molecular weight is 336 g/mol. The van der Waals surface area contributed by atoms with Gasteiger partial charge in [0.25, 0.3) is 0 Å². The van der Waals surface area contributed by atoms with Crippen LogP contribution in [-0.4, -0.2) is 65.9 Å². The normalized spacial score (nSPS) is 35.8. The van der Waals surface area contributed by atoms with Gasteiger partial charge in [-0.25, -0.2) is 4.79 Å². The number of amides is 1. The van der Waals surface area contributed by atoms with Crippen molar-refractivity contribution < 1.29 is 14.3 Å². The number of likely N-dealkylation sites (tertiary alicyclic amines) is 2. The number of carbonyl (C=O) groups excluding carboxylic acids is 1. The van der Waals surface area contributed by atoms with Crippen LogP contribution in [0.3, 0.4) is 0 Å². The number of rotatable bonds is 1. The first-order valence-corrected chi connectivity index (χ1v) is 9.72. The van der Waals surface area contributed by atoms with Crippen LogP contribution in [-0.2, 0) is 9.47 Å². The summed E-state index contributed by atoms with van der Waals surface area (Å²) in [5, 5.41) is 0. The van der Waals surface area contributed by atoms with Gasteiger partial charge in [0.1, 0.15) is 5.60 Å². The molecule has 0 aromatic heterocycles. The predicted octanol–water partition coefficient (Wildman–Crippen LogP) is 3.03. The maximum absolute atomic E-state index is 12.3. The van der Waals surface area contributed by atoms with E-state index in [1.165, 1.54) is 25.7 Å². The van der Waals surface area contributed by atoms with Gasteiger partial charge in [-0.2, -0.15) is 0 Å². The van der Waals surface area contributed by atoms with Crippen LogP contribution in [0.4, 0.5) is 4.79 Å². The highest BCUT2D eigenvalue weighted by atomic mass is 16.6. The Morgan fingerprint density at radius 1 is 1.21 bits per heavy atom. The van der Waals surface area contributed by atoms with Crippen LogP contribution >= 0.6 is 0 Å². The number of morpholine rings is 1. The third-order valence-electron chi connectivity index (χ3n) is 6.61. The second-order valence-corrected chi connectivity index (χ2v) is 9.28. The third kappa shape index (κ3) is 2.94. The first-order valence-electron chi connectivity index (χ1n) is 9.72. The van der Waals surface area contributed by atoms with Gasteiger partial charge >= 0.3 is 6.09 Å². The van der Waals surface area contributed by atoms with Gasteiger partial charge in [0.15, 0.2) is 0 Å². The van der Waals surface area contributed by atoms with Crippen LogP contribution in [0.25, 0.3) is 0 Å². The van der Waals surface area contributed by atoms with Gasteiger partial charge in [-0.1, -0.05) is 6.42 Å². The fourth-order valence-electron chi connectivity index (χ4n) is 5.49. The number of hydrogen-bond acceptors (Lipinski definition) is 4. The van der Waals surface area contributed by atoms with E-state index >= 15 is 0 Å². The number of ether oxygens (including phenoxy) is 2. The fourth-order valence-corrected chi connectivity index (χ4v) is 5.49. The van der Waals surface area contributed by atoms with Crippen LogP contribution in [0.5, 0.6) is 0 Å². The Morgan fingerprint density at radius 3 is 2.54 bits per heavy atom. The molecule has 2 bridgehead atoms. The lowest BCUT2D eigenvalue weighted by Crippen LogP contribution is -2.54. The first-order chi connectivity index (χ1) is 11.4. The van der Waals surface area contributed by atoms with E-state index < -0.39 is 5.60 Å². The average Bonchev–Trinajstić information content (AvgIpc) is 3.21. The minimum Gasteiger partial charge on any atom is -0.444 e. The van der Waals surface area contributed by atoms with Crippen molar-refractivity contribution in [2.75, 3.05) is 26.2 Å². The minimum absolute atomic E-state index is 0.138. The summed E-state index contributed by atoms with van der Waals surface area (Å²) in [5.41, 5.74) is 0.0138. The van der Waals surface area contributed by atoms with Crippen molar-refractivity contribution in [3.8, 4) is 0 Å². The Balaban J connectivity index is 1.39. The molecule has 5 nitrogen and oxygen atoms in total. The summed E-state index contributed by atoms with van der Waals surface area (Å²) in [4.78, 5) is 17.0. The number of hydrogen-bond donors (Lipinski definition) is 0. The predicted molar refractivity (Wildman–Crippen MR) is 92.0 cm³/mol. The monoisotopic (exact) mass is 336 g/mol. The molecule has 5 heteroatoms. The molecule has 1 aliphatic carbocycles. The van der Waals surface area contributed by atoms with E-state index in [0.717, 1.165) is 39.1 Å². The van der Waals surface area contributed by atoms with E-state index in [4.69, 9.17) is 9.47 Å². The molecular formula is C19H32N2O3. The van der Waals surface area contributed by atoms with Crippen molar-refractivity contribution in [2.24, 2.45) is 5.41 Å². The number of piperidine rings is 1. The molecule has 1 saturated carbocycles. The lowest BCUT2D eigenvalue weighted by molar-refractivity contribution is -0.0374. The second-order valence-electron chi connectivity index (χ2n) is 9.28. The Kier molecular flexibility index (Phi) is 4.07. The summed E-state index contributed by atoms with van der Waals surface area (Å²) < 4.78 is 11.4. The highest BCUT2D eigenvalue weighted by Crippen LogP contribution is 2.51. The molecule has 3 atom stereocenters. The van der Waals surface area contributed by atoms with Gasteiger partial charge in [0, 0.05) is 31.7 Å². The molecule has 4 fully saturated rings. The van der Waals surface area contributed by atoms with Crippen LogP contribution in [0, 0.1) is 5.41 Å². The number of carbonyl (C=O) groups is 1. The van der Waals surface area contributed by atoms with Gasteiger partial charge in [-0.3, -0.25) is 4.90 Å². The Bertz CT molecular complexity index is 493. The molecule has 24 heavy (non-hydrogen) atoms. The summed E-state index contributed by atoms with van der Waals surface area (Å²) in [6.07, 6.45) is 7.83. The molecular weight excluding hydrogens is 304 g/mol. The van der Waals surface area contributed by atoms with Crippen molar-refractivity contribution in [1.29, 1.82) is 0 Å². The lowest BCUT2D eigenvalue weighted by atomic mass is 9.73. The maximum atomic E-state index is 12.3. The van der Waals surface area contributed by atoms with E-state index in [0.29, 0.717) is 23.6 Å². The topological polar surface area (TPSA) is 42.0 Å². The van der Waals surface area contributed by atoms with Gasteiger partial charge < -0.3 is 14.4 Å². The van der Waals surface area contributed by atoms with E-state index in [9.17, 15) is 4.79 Å². The van der Waals surface area contributed by atoms with Crippen LogP contribution in [0.2, 0.25) is 0 Å². The Hall–Kier alpha value is -0.810. The zero-order chi connectivity index (χ0) is 16.9. The molecule has 1 amide bonds. The highest BCUT2D eigenvalue weighted by molar-refractivity contribution is 5.68. The lowest BCUT2D eigenvalue weighted by Gasteiger charge is -2.48. The molecule has 0 aromatic rings. The quantitative estimate of drug-likeness (QED) is 0.738. The Morgan fingerprint density at radius 2 is 1.96 bits per heavy atom. The third-order valence-corrected chi connectivity index (χ3v) is 6.61. The number of fused-ring (bicyclic) bond motifs is 2. The molecule has 3 heterocycles. The summed E-state index contributed by atoms with van der Waals surface area (Å²) >= 11 is 0. The molecule has 1 unspecified atom stereocenters. The molecule has 4 rings (SSSR count). The van der Waals surface area contributed by atoms with Crippen molar-refractivity contribution in [3.63, 3.8) is 0 Å². The zero-order valence-corrected chi connectivity index (χ0v) is 15.4. The van der Waals surface area contributed by atoms with E-state index in [1.54, 1.807) is 0 Å². The van der Waals surface area contributed by atoms with Crippen LogP contribution in [0.1, 0.15) is 59.3 Å². The summed E-state index contributed by atoms with van der Waals surface area (Å²) in [5.74, 6) is 0. The molecule has 4 aliphatic rings. The molecule has 3 aliphatic heterocycles. The SMILES string of the molecule is CC(C)(C)OC(=O)N1CCC2(CCCC2N2C[C@H]3C[C@@H]2CO3)CC1. The zero-order valence-electron chi connectivity index (χ0n) is 15.4. The van der Waals surface area contributed by atoms with Gasteiger partial charge in [0.05, 0.1) is 12.7 Å². The summed E-state index contributed by atoms with van der Waals surface area (Å²) in [6.45, 7) is 9.58. The highest BCUT2D eigenvalue weighted by Gasteiger charge is 2.52. The summed E-state index contributed by atoms with van der Waals surface area (Å²) in [7, 11) is 0. The van der Waals surface area contributed by atoms with E-state index in [1.807, 2.05) is 25.7 Å². The van der Waals surface area contributed by atoms with Crippen LogP contribution < -0.4 is 0 Å². The first kappa shape index (κ1) is 16.6. The second kappa shape index (κ2) is 5.87.